The first-order valence-electron chi connectivity index (χ1n) is 10.7. The molecule has 1 aliphatic heterocycles. The van der Waals surface area contributed by atoms with Crippen LogP contribution in [-0.4, -0.2) is 55.2 Å². The number of ketones is 1. The SMILES string of the molecule is CCC(C)OC(=O)N1CCCCC1CCOC(=O)CCC(=O)c1ccc(OC)cc1. The van der Waals surface area contributed by atoms with Crippen LogP contribution in [0.15, 0.2) is 24.3 Å². The van der Waals surface area contributed by atoms with Gasteiger partial charge in [-0.3, -0.25) is 9.59 Å². The Morgan fingerprint density at radius 1 is 1.13 bits per heavy atom. The van der Waals surface area contributed by atoms with Gasteiger partial charge in [-0.1, -0.05) is 6.92 Å². The second kappa shape index (κ2) is 12.2. The number of hydrogen-bond acceptors (Lipinski definition) is 6. The van der Waals surface area contributed by atoms with Crippen molar-refractivity contribution in [3.8, 4) is 5.75 Å². The van der Waals surface area contributed by atoms with Gasteiger partial charge in [0.15, 0.2) is 5.78 Å². The summed E-state index contributed by atoms with van der Waals surface area (Å²) in [6.45, 7) is 4.76. The van der Waals surface area contributed by atoms with Gasteiger partial charge in [-0.05, 0) is 56.9 Å². The Labute approximate surface area is 178 Å². The molecular formula is C23H33NO6. The maximum Gasteiger partial charge on any atom is 0.410 e. The number of methoxy groups -OCH3 is 1. The molecule has 2 unspecified atom stereocenters. The number of ether oxygens (including phenoxy) is 3. The molecule has 0 spiro atoms. The molecule has 2 atom stereocenters. The summed E-state index contributed by atoms with van der Waals surface area (Å²) >= 11 is 0. The van der Waals surface area contributed by atoms with Crippen LogP contribution in [0.3, 0.4) is 0 Å². The largest absolute Gasteiger partial charge is 0.497 e. The Bertz CT molecular complexity index is 702. The molecule has 0 saturated carbocycles. The molecule has 1 aromatic carbocycles. The first-order chi connectivity index (χ1) is 14.4. The summed E-state index contributed by atoms with van der Waals surface area (Å²) in [5.74, 6) is 0.165. The average molecular weight is 420 g/mol. The molecule has 0 aliphatic carbocycles. The Hall–Kier alpha value is -2.57. The first kappa shape index (κ1) is 23.7. The summed E-state index contributed by atoms with van der Waals surface area (Å²) < 4.78 is 15.8. The number of amides is 1. The molecule has 0 bridgehead atoms. The third-order valence-corrected chi connectivity index (χ3v) is 5.42. The zero-order valence-corrected chi connectivity index (χ0v) is 18.2. The highest BCUT2D eigenvalue weighted by Crippen LogP contribution is 2.21. The number of carbonyl (C=O) groups is 3. The number of carbonyl (C=O) groups excluding carboxylic acids is 3. The van der Waals surface area contributed by atoms with E-state index in [1.54, 1.807) is 36.3 Å². The monoisotopic (exact) mass is 419 g/mol. The highest BCUT2D eigenvalue weighted by atomic mass is 16.6. The molecule has 1 aliphatic rings. The number of Topliss-reactive ketones (excluding diaryl/α,β-unsaturated/α-hetero) is 1. The third-order valence-electron chi connectivity index (χ3n) is 5.42. The smallest absolute Gasteiger partial charge is 0.410 e. The quantitative estimate of drug-likeness (QED) is 0.413. The summed E-state index contributed by atoms with van der Waals surface area (Å²) in [7, 11) is 1.56. The molecule has 0 N–H and O–H groups in total. The van der Waals surface area contributed by atoms with Crippen molar-refractivity contribution in [2.45, 2.75) is 70.9 Å². The molecule has 0 radical (unpaired) electrons. The number of nitrogens with zero attached hydrogens (tertiary/aromatic N) is 1. The van der Waals surface area contributed by atoms with Crippen LogP contribution in [0.1, 0.15) is 69.2 Å². The van der Waals surface area contributed by atoms with E-state index in [1.807, 2.05) is 13.8 Å². The Balaban J connectivity index is 1.72. The first-order valence-corrected chi connectivity index (χ1v) is 10.7. The fourth-order valence-electron chi connectivity index (χ4n) is 3.38. The summed E-state index contributed by atoms with van der Waals surface area (Å²) in [6, 6.07) is 6.82. The fraction of sp³-hybridized carbons (Fsp3) is 0.609. The van der Waals surface area contributed by atoms with Crippen LogP contribution in [0.2, 0.25) is 0 Å². The third kappa shape index (κ3) is 7.35. The van der Waals surface area contributed by atoms with Crippen LogP contribution in [0.5, 0.6) is 5.75 Å². The van der Waals surface area contributed by atoms with Crippen molar-refractivity contribution >= 4 is 17.8 Å². The zero-order valence-electron chi connectivity index (χ0n) is 18.2. The lowest BCUT2D eigenvalue weighted by atomic mass is 10.0. The minimum Gasteiger partial charge on any atom is -0.497 e. The van der Waals surface area contributed by atoms with E-state index in [-0.39, 0.29) is 43.5 Å². The number of piperidine rings is 1. The maximum absolute atomic E-state index is 12.4. The second-order valence-corrected chi connectivity index (χ2v) is 7.61. The summed E-state index contributed by atoms with van der Waals surface area (Å²) in [5, 5.41) is 0. The molecule has 2 rings (SSSR count). The Morgan fingerprint density at radius 3 is 2.53 bits per heavy atom. The molecule has 0 aromatic heterocycles. The number of hydrogen-bond donors (Lipinski definition) is 0. The molecule has 166 valence electrons. The minimum atomic E-state index is -0.401. The van der Waals surface area contributed by atoms with E-state index in [1.165, 1.54) is 0 Å². The van der Waals surface area contributed by atoms with Gasteiger partial charge in [-0.2, -0.15) is 0 Å². The number of esters is 1. The normalized spacial score (nSPS) is 17.2. The molecule has 1 amide bonds. The molecule has 7 heteroatoms. The van der Waals surface area contributed by atoms with Crippen molar-refractivity contribution in [1.82, 2.24) is 4.90 Å². The molecule has 1 fully saturated rings. The Morgan fingerprint density at radius 2 is 1.87 bits per heavy atom. The van der Waals surface area contributed by atoms with E-state index in [2.05, 4.69) is 0 Å². The van der Waals surface area contributed by atoms with Crippen LogP contribution in [0.4, 0.5) is 4.79 Å². The topological polar surface area (TPSA) is 82.1 Å². The van der Waals surface area contributed by atoms with E-state index in [0.717, 1.165) is 25.7 Å². The zero-order chi connectivity index (χ0) is 21.9. The van der Waals surface area contributed by atoms with E-state index in [0.29, 0.717) is 24.3 Å². The summed E-state index contributed by atoms with van der Waals surface area (Å²) in [4.78, 5) is 38.4. The average Bonchev–Trinajstić information content (AvgIpc) is 2.77. The van der Waals surface area contributed by atoms with Crippen molar-refractivity contribution < 1.29 is 28.6 Å². The predicted molar refractivity (Wildman–Crippen MR) is 113 cm³/mol. The van der Waals surface area contributed by atoms with Gasteiger partial charge in [0.25, 0.3) is 0 Å². The minimum absolute atomic E-state index is 0.0176. The van der Waals surface area contributed by atoms with E-state index >= 15 is 0 Å². The van der Waals surface area contributed by atoms with Crippen LogP contribution < -0.4 is 4.74 Å². The molecule has 1 heterocycles. The van der Waals surface area contributed by atoms with E-state index in [4.69, 9.17) is 14.2 Å². The van der Waals surface area contributed by atoms with Gasteiger partial charge in [0.1, 0.15) is 11.9 Å². The van der Waals surface area contributed by atoms with Gasteiger partial charge in [-0.25, -0.2) is 4.79 Å². The molecule has 1 aromatic rings. The number of rotatable bonds is 10. The van der Waals surface area contributed by atoms with Gasteiger partial charge >= 0.3 is 12.1 Å². The van der Waals surface area contributed by atoms with Crippen LogP contribution in [0.25, 0.3) is 0 Å². The molecule has 30 heavy (non-hydrogen) atoms. The van der Waals surface area contributed by atoms with Crippen molar-refractivity contribution in [1.29, 1.82) is 0 Å². The van der Waals surface area contributed by atoms with Gasteiger partial charge in [0.05, 0.1) is 20.1 Å². The second-order valence-electron chi connectivity index (χ2n) is 7.61. The lowest BCUT2D eigenvalue weighted by Gasteiger charge is -2.35. The fourth-order valence-corrected chi connectivity index (χ4v) is 3.38. The van der Waals surface area contributed by atoms with Crippen molar-refractivity contribution in [3.63, 3.8) is 0 Å². The van der Waals surface area contributed by atoms with Crippen LogP contribution >= 0.6 is 0 Å². The molecule has 1 saturated heterocycles. The van der Waals surface area contributed by atoms with Gasteiger partial charge in [0, 0.05) is 31.0 Å². The standard InChI is InChI=1S/C23H33NO6/c1-4-17(2)30-23(27)24-15-6-5-7-19(24)14-16-29-22(26)13-12-21(25)18-8-10-20(28-3)11-9-18/h8-11,17,19H,4-7,12-16H2,1-3H3. The van der Waals surface area contributed by atoms with E-state index < -0.39 is 5.97 Å². The van der Waals surface area contributed by atoms with Gasteiger partial charge in [0.2, 0.25) is 0 Å². The lowest BCUT2D eigenvalue weighted by Crippen LogP contribution is -2.45. The molecular weight excluding hydrogens is 386 g/mol. The van der Waals surface area contributed by atoms with Crippen LogP contribution in [-0.2, 0) is 14.3 Å². The maximum atomic E-state index is 12.4. The lowest BCUT2D eigenvalue weighted by molar-refractivity contribution is -0.144. The van der Waals surface area contributed by atoms with Crippen molar-refractivity contribution in [3.05, 3.63) is 29.8 Å². The number of likely N-dealkylation sites (tertiary alicyclic amines) is 1. The summed E-state index contributed by atoms with van der Waals surface area (Å²) in [5.41, 5.74) is 0.543. The highest BCUT2D eigenvalue weighted by Gasteiger charge is 2.28. The van der Waals surface area contributed by atoms with Crippen molar-refractivity contribution in [2.24, 2.45) is 0 Å². The van der Waals surface area contributed by atoms with E-state index in [9.17, 15) is 14.4 Å². The van der Waals surface area contributed by atoms with Crippen molar-refractivity contribution in [2.75, 3.05) is 20.3 Å². The van der Waals surface area contributed by atoms with Gasteiger partial charge in [-0.15, -0.1) is 0 Å². The predicted octanol–water partition coefficient (Wildman–Crippen LogP) is 4.38. The molecule has 7 nitrogen and oxygen atoms in total. The van der Waals surface area contributed by atoms with Crippen LogP contribution in [0, 0.1) is 0 Å². The summed E-state index contributed by atoms with van der Waals surface area (Å²) in [6.07, 6.45) is 3.97. The number of benzene rings is 1. The Kier molecular flexibility index (Phi) is 9.64. The highest BCUT2D eigenvalue weighted by molar-refractivity contribution is 5.97. The van der Waals surface area contributed by atoms with Gasteiger partial charge < -0.3 is 19.1 Å².